The van der Waals surface area contributed by atoms with E-state index in [9.17, 15) is 9.90 Å². The largest absolute Gasteiger partial charge is 0.469 e. The van der Waals surface area contributed by atoms with Crippen LogP contribution in [0.15, 0.2) is 11.6 Å². The van der Waals surface area contributed by atoms with Gasteiger partial charge in [0, 0.05) is 0 Å². The number of rotatable bonds is 6. The van der Waals surface area contributed by atoms with Crippen LogP contribution in [0, 0.1) is 52.3 Å². The first-order valence-corrected chi connectivity index (χ1v) is 13.6. The Kier molecular flexibility index (Phi) is 6.90. The van der Waals surface area contributed by atoms with Crippen molar-refractivity contribution in [2.45, 2.75) is 105 Å². The van der Waals surface area contributed by atoms with Gasteiger partial charge in [0.05, 0.1) is 19.1 Å². The van der Waals surface area contributed by atoms with Gasteiger partial charge in [0.1, 0.15) is 0 Å². The molecule has 0 unspecified atom stereocenters. The van der Waals surface area contributed by atoms with Gasteiger partial charge in [-0.25, -0.2) is 0 Å². The second kappa shape index (κ2) is 9.08. The van der Waals surface area contributed by atoms with Gasteiger partial charge in [-0.3, -0.25) is 4.79 Å². The van der Waals surface area contributed by atoms with E-state index in [4.69, 9.17) is 4.74 Å². The minimum Gasteiger partial charge on any atom is -0.469 e. The Morgan fingerprint density at radius 1 is 1.06 bits per heavy atom. The smallest absolute Gasteiger partial charge is 0.311 e. The van der Waals surface area contributed by atoms with Gasteiger partial charge < -0.3 is 9.84 Å². The minimum absolute atomic E-state index is 0.116. The van der Waals surface area contributed by atoms with Gasteiger partial charge >= 0.3 is 5.97 Å². The Morgan fingerprint density at radius 2 is 1.75 bits per heavy atom. The number of methoxy groups -OCH3 is 1. The van der Waals surface area contributed by atoms with Gasteiger partial charge in [-0.05, 0) is 91.3 Å². The number of allylic oxidation sites excluding steroid dienone is 2. The molecule has 1 N–H and O–H groups in total. The SMILES string of the molecule is COC(=O)[C@@H]1[C@@H](O)CC[C@]2(C)[C@H]3CC[C@]4(C)[C@@H]([C@H](C)CCCC(C)C)CC[C@H]4C3=CC[C@@H]12. The first kappa shape index (κ1) is 24.3. The predicted octanol–water partition coefficient (Wildman–Crippen LogP) is 6.79. The summed E-state index contributed by atoms with van der Waals surface area (Å²) in [6.07, 6.45) is 14.1. The highest BCUT2D eigenvalue weighted by Crippen LogP contribution is 2.67. The van der Waals surface area contributed by atoms with E-state index in [1.807, 2.05) is 0 Å². The zero-order valence-corrected chi connectivity index (χ0v) is 21.5. The number of carbonyl (C=O) groups is 1. The number of hydrogen-bond acceptors (Lipinski definition) is 3. The van der Waals surface area contributed by atoms with E-state index >= 15 is 0 Å². The van der Waals surface area contributed by atoms with Gasteiger partial charge in [-0.15, -0.1) is 0 Å². The fourth-order valence-electron chi connectivity index (χ4n) is 9.09. The highest BCUT2D eigenvalue weighted by molar-refractivity contribution is 5.74. The Bertz CT molecular complexity index is 726. The summed E-state index contributed by atoms with van der Waals surface area (Å²) in [6, 6.07) is 0. The van der Waals surface area contributed by atoms with Crippen molar-refractivity contribution in [3.63, 3.8) is 0 Å². The van der Waals surface area contributed by atoms with Gasteiger partial charge in [0.2, 0.25) is 0 Å². The molecular formula is C29H48O3. The van der Waals surface area contributed by atoms with E-state index < -0.39 is 6.10 Å². The van der Waals surface area contributed by atoms with Crippen LogP contribution in [0.5, 0.6) is 0 Å². The Hall–Kier alpha value is -0.830. The summed E-state index contributed by atoms with van der Waals surface area (Å²) in [7, 11) is 1.47. The molecule has 4 rings (SSSR count). The zero-order chi connectivity index (χ0) is 23.3. The fraction of sp³-hybridized carbons (Fsp3) is 0.897. The molecule has 9 atom stereocenters. The van der Waals surface area contributed by atoms with E-state index in [0.717, 1.165) is 42.9 Å². The van der Waals surface area contributed by atoms with E-state index in [2.05, 4.69) is 40.7 Å². The third-order valence-electron chi connectivity index (χ3n) is 10.9. The Morgan fingerprint density at radius 3 is 2.44 bits per heavy atom. The lowest BCUT2D eigenvalue weighted by Gasteiger charge is -2.59. The average molecular weight is 445 g/mol. The van der Waals surface area contributed by atoms with Crippen LogP contribution >= 0.6 is 0 Å². The first-order valence-electron chi connectivity index (χ1n) is 13.6. The molecule has 3 nitrogen and oxygen atoms in total. The van der Waals surface area contributed by atoms with E-state index in [-0.39, 0.29) is 23.2 Å². The molecule has 3 saturated carbocycles. The summed E-state index contributed by atoms with van der Waals surface area (Å²) in [5.41, 5.74) is 2.29. The Balaban J connectivity index is 1.55. The number of aliphatic hydroxyl groups excluding tert-OH is 1. The number of fused-ring (bicyclic) bond motifs is 5. The van der Waals surface area contributed by atoms with Crippen LogP contribution in [0.1, 0.15) is 98.8 Å². The number of ether oxygens (including phenoxy) is 1. The van der Waals surface area contributed by atoms with Crippen LogP contribution in [-0.4, -0.2) is 24.3 Å². The lowest BCUT2D eigenvalue weighted by Crippen LogP contribution is -2.55. The maximum Gasteiger partial charge on any atom is 0.311 e. The van der Waals surface area contributed by atoms with Crippen molar-refractivity contribution >= 4 is 5.97 Å². The molecule has 0 aromatic carbocycles. The molecule has 0 amide bonds. The van der Waals surface area contributed by atoms with Crippen LogP contribution < -0.4 is 0 Å². The molecule has 0 saturated heterocycles. The van der Waals surface area contributed by atoms with E-state index in [0.29, 0.717) is 11.3 Å². The summed E-state index contributed by atoms with van der Waals surface area (Å²) in [6.45, 7) is 12.3. The number of aliphatic hydroxyl groups is 1. The maximum atomic E-state index is 12.6. The average Bonchev–Trinajstić information content (AvgIpc) is 3.10. The molecule has 4 aliphatic carbocycles. The molecule has 0 heterocycles. The predicted molar refractivity (Wildman–Crippen MR) is 130 cm³/mol. The fourth-order valence-corrected chi connectivity index (χ4v) is 9.09. The topological polar surface area (TPSA) is 46.5 Å². The zero-order valence-electron chi connectivity index (χ0n) is 21.5. The lowest BCUT2D eigenvalue weighted by molar-refractivity contribution is -0.164. The van der Waals surface area contributed by atoms with Crippen molar-refractivity contribution in [1.82, 2.24) is 0 Å². The van der Waals surface area contributed by atoms with Crippen molar-refractivity contribution < 1.29 is 14.6 Å². The molecule has 0 aromatic rings. The van der Waals surface area contributed by atoms with Crippen molar-refractivity contribution in [1.29, 1.82) is 0 Å². The second-order valence-electron chi connectivity index (χ2n) is 12.8. The van der Waals surface area contributed by atoms with Crippen LogP contribution in [0.25, 0.3) is 0 Å². The van der Waals surface area contributed by atoms with Crippen LogP contribution in [-0.2, 0) is 9.53 Å². The molecule has 0 radical (unpaired) electrons. The van der Waals surface area contributed by atoms with E-state index in [1.54, 1.807) is 5.57 Å². The molecule has 0 aromatic heterocycles. The summed E-state index contributed by atoms with van der Waals surface area (Å²) in [5, 5.41) is 10.7. The molecule has 4 aliphatic rings. The normalized spacial score (nSPS) is 44.3. The summed E-state index contributed by atoms with van der Waals surface area (Å²) < 4.78 is 5.14. The first-order chi connectivity index (χ1) is 15.1. The molecule has 3 fully saturated rings. The monoisotopic (exact) mass is 444 g/mol. The van der Waals surface area contributed by atoms with Crippen molar-refractivity contribution in [2.24, 2.45) is 52.3 Å². The molecular weight excluding hydrogens is 396 g/mol. The third-order valence-corrected chi connectivity index (χ3v) is 10.9. The standard InChI is InChI=1S/C29H48O3/c1-18(2)8-7-9-19(3)21-12-13-22-20-10-11-24-26(27(31)32-6)25(30)15-17-29(24,5)23(20)14-16-28(21,22)4/h10,18-19,21-26,30H,7-9,11-17H2,1-6H3/t19-,21-,22+,23+,24+,25+,26+,28-,29-/m1/s1. The maximum absolute atomic E-state index is 12.6. The number of hydrogen-bond donors (Lipinski definition) is 1. The molecule has 3 heteroatoms. The van der Waals surface area contributed by atoms with Gasteiger partial charge in [0.15, 0.2) is 0 Å². The van der Waals surface area contributed by atoms with Gasteiger partial charge in [0.25, 0.3) is 0 Å². The molecule has 0 spiro atoms. The highest BCUT2D eigenvalue weighted by Gasteiger charge is 2.60. The molecule has 32 heavy (non-hydrogen) atoms. The highest BCUT2D eigenvalue weighted by atomic mass is 16.5. The summed E-state index contributed by atoms with van der Waals surface area (Å²) in [4.78, 5) is 12.6. The quantitative estimate of drug-likeness (QED) is 0.362. The summed E-state index contributed by atoms with van der Waals surface area (Å²) >= 11 is 0. The Labute approximate surface area is 196 Å². The van der Waals surface area contributed by atoms with E-state index in [1.165, 1.54) is 52.1 Å². The van der Waals surface area contributed by atoms with Crippen LogP contribution in [0.3, 0.4) is 0 Å². The van der Waals surface area contributed by atoms with Crippen molar-refractivity contribution in [3.05, 3.63) is 11.6 Å². The van der Waals surface area contributed by atoms with Crippen molar-refractivity contribution in [2.75, 3.05) is 7.11 Å². The number of esters is 1. The van der Waals surface area contributed by atoms with Crippen molar-refractivity contribution in [3.8, 4) is 0 Å². The molecule has 0 aliphatic heterocycles. The molecule has 0 bridgehead atoms. The third kappa shape index (κ3) is 3.89. The number of carbonyl (C=O) groups excluding carboxylic acids is 1. The van der Waals surface area contributed by atoms with Gasteiger partial charge in [-0.2, -0.15) is 0 Å². The second-order valence-corrected chi connectivity index (χ2v) is 12.8. The van der Waals surface area contributed by atoms with Crippen LogP contribution in [0.4, 0.5) is 0 Å². The summed E-state index contributed by atoms with van der Waals surface area (Å²) in [5.74, 6) is 3.43. The minimum atomic E-state index is -0.549. The van der Waals surface area contributed by atoms with Gasteiger partial charge in [-0.1, -0.05) is 65.5 Å². The molecule has 182 valence electrons. The lowest BCUT2D eigenvalue weighted by atomic mass is 9.46. The van der Waals surface area contributed by atoms with Crippen LogP contribution in [0.2, 0.25) is 0 Å².